The molecule has 240 valence electrons. The third-order valence-electron chi connectivity index (χ3n) is 8.67. The molecule has 12 heteroatoms. The van der Waals surface area contributed by atoms with Gasteiger partial charge in [0.15, 0.2) is 11.2 Å². The number of amides is 2. The maximum Gasteiger partial charge on any atom is 0.332 e. The van der Waals surface area contributed by atoms with Gasteiger partial charge in [-0.3, -0.25) is 33.0 Å². The lowest BCUT2D eigenvalue weighted by atomic mass is 10.0. The van der Waals surface area contributed by atoms with Gasteiger partial charge in [0.2, 0.25) is 5.95 Å². The Kier molecular flexibility index (Phi) is 8.47. The van der Waals surface area contributed by atoms with Gasteiger partial charge in [0.05, 0.1) is 35.8 Å². The molecular formula is C35H36N8O4. The SMILES string of the molecule is CC#CCn1c(N2CCCC(N3C(=O)C(/C=C\C)=C(/C=C\C)C3=O)C2)nc2c1c(=O)n(Cc1nc(C)c3ccccc3n1)c(=O)n2C. The number of carbonyl (C=O) groups is 2. The normalized spacial score (nSPS) is 17.3. The van der Waals surface area contributed by atoms with Crippen LogP contribution in [-0.4, -0.2) is 64.5 Å². The second kappa shape index (κ2) is 12.7. The summed E-state index contributed by atoms with van der Waals surface area (Å²) in [6.45, 7) is 8.14. The molecule has 4 aromatic rings. The molecule has 1 saturated heterocycles. The summed E-state index contributed by atoms with van der Waals surface area (Å²) in [6.07, 6.45) is 8.17. The second-order valence-electron chi connectivity index (χ2n) is 11.6. The topological polar surface area (TPSA) is 128 Å². The van der Waals surface area contributed by atoms with Crippen molar-refractivity contribution in [3.05, 3.63) is 92.1 Å². The number of aromatic nitrogens is 6. The molecular weight excluding hydrogens is 596 g/mol. The highest BCUT2D eigenvalue weighted by Gasteiger charge is 2.42. The Morgan fingerprint density at radius 3 is 2.34 bits per heavy atom. The molecule has 0 saturated carbocycles. The van der Waals surface area contributed by atoms with Gasteiger partial charge in [-0.05, 0) is 46.6 Å². The zero-order chi connectivity index (χ0) is 33.4. The van der Waals surface area contributed by atoms with Gasteiger partial charge in [-0.15, -0.1) is 5.92 Å². The van der Waals surface area contributed by atoms with E-state index in [-0.39, 0.29) is 36.1 Å². The molecule has 0 spiro atoms. The summed E-state index contributed by atoms with van der Waals surface area (Å²) in [4.78, 5) is 72.1. The van der Waals surface area contributed by atoms with Crippen LogP contribution in [0.5, 0.6) is 0 Å². The zero-order valence-electron chi connectivity index (χ0n) is 27.1. The van der Waals surface area contributed by atoms with E-state index in [9.17, 15) is 19.2 Å². The van der Waals surface area contributed by atoms with Crippen LogP contribution in [0.25, 0.3) is 22.1 Å². The van der Waals surface area contributed by atoms with E-state index >= 15 is 0 Å². The quantitative estimate of drug-likeness (QED) is 0.225. The van der Waals surface area contributed by atoms with Gasteiger partial charge < -0.3 is 4.90 Å². The number of benzene rings is 1. The van der Waals surface area contributed by atoms with Crippen LogP contribution in [0.1, 0.15) is 45.1 Å². The first kappa shape index (κ1) is 31.4. The van der Waals surface area contributed by atoms with E-state index in [1.54, 1.807) is 42.8 Å². The van der Waals surface area contributed by atoms with Crippen molar-refractivity contribution < 1.29 is 9.59 Å². The lowest BCUT2D eigenvalue weighted by Crippen LogP contribution is -2.51. The first-order valence-electron chi connectivity index (χ1n) is 15.6. The number of imidazole rings is 1. The fraction of sp³-hybridized carbons (Fsp3) is 0.343. The molecule has 0 aliphatic carbocycles. The molecule has 47 heavy (non-hydrogen) atoms. The number of anilines is 1. The van der Waals surface area contributed by atoms with Crippen molar-refractivity contribution in [3.63, 3.8) is 0 Å². The minimum absolute atomic E-state index is 0.117. The van der Waals surface area contributed by atoms with Crippen LogP contribution < -0.4 is 16.1 Å². The average Bonchev–Trinajstić information content (AvgIpc) is 3.56. The van der Waals surface area contributed by atoms with Gasteiger partial charge in [0, 0.05) is 31.2 Å². The van der Waals surface area contributed by atoms with Crippen LogP contribution in [0.15, 0.2) is 69.3 Å². The molecule has 6 rings (SSSR count). The average molecular weight is 633 g/mol. The lowest BCUT2D eigenvalue weighted by Gasteiger charge is -2.37. The minimum atomic E-state index is -0.543. The van der Waals surface area contributed by atoms with Crippen molar-refractivity contribution in [1.29, 1.82) is 0 Å². The zero-order valence-corrected chi connectivity index (χ0v) is 27.1. The molecule has 5 heterocycles. The van der Waals surface area contributed by atoms with Gasteiger partial charge in [-0.25, -0.2) is 14.8 Å². The summed E-state index contributed by atoms with van der Waals surface area (Å²) in [5, 5.41) is 0.900. The van der Waals surface area contributed by atoms with Crippen molar-refractivity contribution in [3.8, 4) is 11.8 Å². The van der Waals surface area contributed by atoms with Gasteiger partial charge in [-0.1, -0.05) is 48.4 Å². The van der Waals surface area contributed by atoms with Crippen LogP contribution in [0, 0.1) is 18.8 Å². The molecule has 3 aromatic heterocycles. The summed E-state index contributed by atoms with van der Waals surface area (Å²) in [5.74, 6) is 6.09. The predicted octanol–water partition coefficient (Wildman–Crippen LogP) is 3.01. The maximum atomic E-state index is 14.1. The molecule has 12 nitrogen and oxygen atoms in total. The van der Waals surface area contributed by atoms with Crippen LogP contribution in [0.4, 0.5) is 5.95 Å². The molecule has 2 aliphatic rings. The second-order valence-corrected chi connectivity index (χ2v) is 11.6. The van der Waals surface area contributed by atoms with Crippen LogP contribution >= 0.6 is 0 Å². The van der Waals surface area contributed by atoms with E-state index < -0.39 is 17.3 Å². The van der Waals surface area contributed by atoms with Gasteiger partial charge in [0.25, 0.3) is 17.4 Å². The van der Waals surface area contributed by atoms with E-state index in [1.807, 2.05) is 49.9 Å². The summed E-state index contributed by atoms with van der Waals surface area (Å²) in [6, 6.07) is 7.18. The van der Waals surface area contributed by atoms with Crippen LogP contribution in [0.3, 0.4) is 0 Å². The Morgan fingerprint density at radius 2 is 1.66 bits per heavy atom. The number of hydrogen-bond donors (Lipinski definition) is 0. The summed E-state index contributed by atoms with van der Waals surface area (Å²) in [7, 11) is 1.58. The van der Waals surface area contributed by atoms with E-state index in [4.69, 9.17) is 4.98 Å². The predicted molar refractivity (Wildman–Crippen MR) is 180 cm³/mol. The van der Waals surface area contributed by atoms with E-state index in [0.717, 1.165) is 21.2 Å². The summed E-state index contributed by atoms with van der Waals surface area (Å²) < 4.78 is 4.21. The first-order chi connectivity index (χ1) is 22.7. The molecule has 0 radical (unpaired) electrons. The Hall–Kier alpha value is -5.57. The number of hydrogen-bond acceptors (Lipinski definition) is 8. The van der Waals surface area contributed by atoms with Crippen molar-refractivity contribution in [2.24, 2.45) is 7.05 Å². The highest BCUT2D eigenvalue weighted by Crippen LogP contribution is 2.31. The van der Waals surface area contributed by atoms with Gasteiger partial charge in [-0.2, -0.15) is 4.98 Å². The number of allylic oxidation sites excluding steroid dienone is 2. The summed E-state index contributed by atoms with van der Waals surface area (Å²) in [5.41, 5.74) is 1.61. The highest BCUT2D eigenvalue weighted by molar-refractivity contribution is 6.22. The monoisotopic (exact) mass is 632 g/mol. The molecule has 1 atom stereocenters. The van der Waals surface area contributed by atoms with Crippen molar-refractivity contribution in [2.75, 3.05) is 18.0 Å². The van der Waals surface area contributed by atoms with E-state index in [2.05, 4.69) is 21.8 Å². The Morgan fingerprint density at radius 1 is 0.957 bits per heavy atom. The smallest absolute Gasteiger partial charge is 0.332 e. The highest BCUT2D eigenvalue weighted by atomic mass is 16.2. The number of rotatable bonds is 7. The largest absolute Gasteiger partial charge is 0.340 e. The standard InChI is InChI=1S/C35H36N8O4/c1-6-9-19-41-29-30(39(5)35(47)42(33(29)46)21-28-36-22(4)24-16-10-11-17-27(24)37-28)38-34(41)40-18-12-15-23(20-40)43-31(44)25(13-7-2)26(14-8-3)32(43)45/h7-8,10-11,13-14,16-17,23H,12,15,18-21H2,1-5H3/b13-7-,14-8-. The third kappa shape index (κ3) is 5.37. The van der Waals surface area contributed by atoms with Crippen LogP contribution in [-0.2, 0) is 29.7 Å². The number of nitrogens with zero attached hydrogens (tertiary/aromatic N) is 8. The molecule has 1 aromatic carbocycles. The molecule has 0 bridgehead atoms. The Labute approximate surface area is 271 Å². The number of para-hydroxylation sites is 1. The number of aryl methyl sites for hydroxylation is 2. The van der Waals surface area contributed by atoms with Crippen LogP contribution in [0.2, 0.25) is 0 Å². The molecule has 2 aliphatic heterocycles. The van der Waals surface area contributed by atoms with Crippen molar-refractivity contribution in [1.82, 2.24) is 33.6 Å². The first-order valence-corrected chi connectivity index (χ1v) is 15.6. The third-order valence-corrected chi connectivity index (χ3v) is 8.67. The number of piperidine rings is 1. The van der Waals surface area contributed by atoms with Crippen molar-refractivity contribution >= 4 is 39.8 Å². The fourth-order valence-corrected chi connectivity index (χ4v) is 6.47. The number of carbonyl (C=O) groups excluding carboxylic acids is 2. The maximum absolute atomic E-state index is 14.1. The Bertz CT molecular complexity index is 2190. The fourth-order valence-electron chi connectivity index (χ4n) is 6.47. The number of fused-ring (bicyclic) bond motifs is 2. The Balaban J connectivity index is 1.41. The molecule has 1 fully saturated rings. The number of imide groups is 1. The minimum Gasteiger partial charge on any atom is -0.340 e. The molecule has 0 N–H and O–H groups in total. The van der Waals surface area contributed by atoms with Crippen molar-refractivity contribution in [2.45, 2.75) is 59.7 Å². The van der Waals surface area contributed by atoms with Gasteiger partial charge in [0.1, 0.15) is 5.82 Å². The molecule has 2 amide bonds. The van der Waals surface area contributed by atoms with E-state index in [0.29, 0.717) is 48.9 Å². The summed E-state index contributed by atoms with van der Waals surface area (Å²) >= 11 is 0. The van der Waals surface area contributed by atoms with E-state index in [1.165, 1.54) is 9.47 Å². The molecule has 1 unspecified atom stereocenters. The lowest BCUT2D eigenvalue weighted by molar-refractivity contribution is -0.140. The van der Waals surface area contributed by atoms with Gasteiger partial charge >= 0.3 is 5.69 Å².